The third kappa shape index (κ3) is 3.64. The summed E-state index contributed by atoms with van der Waals surface area (Å²) in [4.78, 5) is 26.0. The number of carboxylic acids is 1. The molecule has 7 heteroatoms. The number of methoxy groups -OCH3 is 2. The molecule has 0 radical (unpaired) electrons. The van der Waals surface area contributed by atoms with E-state index < -0.39 is 17.9 Å². The summed E-state index contributed by atoms with van der Waals surface area (Å²) >= 11 is 0. The minimum absolute atomic E-state index is 0.0508. The molecule has 1 atom stereocenters. The first-order chi connectivity index (χ1) is 13.0. The lowest BCUT2D eigenvalue weighted by atomic mass is 9.93. The molecule has 1 aliphatic heterocycles. The van der Waals surface area contributed by atoms with Gasteiger partial charge in [-0.1, -0.05) is 18.2 Å². The molecule has 0 fully saturated rings. The zero-order valence-electron chi connectivity index (χ0n) is 15.1. The van der Waals surface area contributed by atoms with Gasteiger partial charge in [0.2, 0.25) is 0 Å². The summed E-state index contributed by atoms with van der Waals surface area (Å²) in [6.45, 7) is 0.452. The molecule has 0 saturated heterocycles. The molecule has 142 valence electrons. The summed E-state index contributed by atoms with van der Waals surface area (Å²) in [5, 5.41) is 9.29. The molecule has 1 N–H and O–H groups in total. The summed E-state index contributed by atoms with van der Waals surface area (Å²) in [6, 6.07) is 9.39. The molecule has 27 heavy (non-hydrogen) atoms. The van der Waals surface area contributed by atoms with Crippen molar-refractivity contribution in [2.75, 3.05) is 20.8 Å². The minimum atomic E-state index is -1.17. The second kappa shape index (κ2) is 7.75. The van der Waals surface area contributed by atoms with Crippen LogP contribution in [0.2, 0.25) is 0 Å². The largest absolute Gasteiger partial charge is 0.496 e. The van der Waals surface area contributed by atoms with Crippen molar-refractivity contribution < 1.29 is 28.6 Å². The summed E-state index contributed by atoms with van der Waals surface area (Å²) in [5.74, 6) is -1.55. The maximum atomic E-state index is 13.8. The van der Waals surface area contributed by atoms with E-state index in [0.717, 1.165) is 6.07 Å². The summed E-state index contributed by atoms with van der Waals surface area (Å²) < 4.78 is 24.6. The molecule has 0 saturated carbocycles. The summed E-state index contributed by atoms with van der Waals surface area (Å²) in [5.41, 5.74) is 1.62. The Balaban J connectivity index is 1.90. The Morgan fingerprint density at radius 3 is 2.63 bits per heavy atom. The Labute approximate surface area is 156 Å². The van der Waals surface area contributed by atoms with Crippen LogP contribution in [0.15, 0.2) is 36.4 Å². The van der Waals surface area contributed by atoms with E-state index in [1.54, 1.807) is 29.2 Å². The molecule has 1 heterocycles. The topological polar surface area (TPSA) is 76.1 Å². The number of carbonyl (C=O) groups is 2. The quantitative estimate of drug-likeness (QED) is 0.872. The Bertz CT molecular complexity index is 883. The number of hydrogen-bond acceptors (Lipinski definition) is 4. The highest BCUT2D eigenvalue weighted by atomic mass is 19.1. The Morgan fingerprint density at radius 1 is 1.22 bits per heavy atom. The van der Waals surface area contributed by atoms with E-state index >= 15 is 0 Å². The number of aromatic carboxylic acids is 1. The van der Waals surface area contributed by atoms with Crippen molar-refractivity contribution in [2.45, 2.75) is 19.1 Å². The van der Waals surface area contributed by atoms with Gasteiger partial charge in [-0.3, -0.25) is 4.79 Å². The predicted molar refractivity (Wildman–Crippen MR) is 95.2 cm³/mol. The zero-order chi connectivity index (χ0) is 19.6. The number of nitrogens with zero attached hydrogens (tertiary/aromatic N) is 1. The number of carbonyl (C=O) groups excluding carboxylic acids is 1. The van der Waals surface area contributed by atoms with Crippen LogP contribution in [-0.2, 0) is 22.5 Å². The highest BCUT2D eigenvalue weighted by Gasteiger charge is 2.31. The van der Waals surface area contributed by atoms with Crippen LogP contribution in [-0.4, -0.2) is 42.6 Å². The highest BCUT2D eigenvalue weighted by Crippen LogP contribution is 2.31. The molecule has 2 aromatic rings. The van der Waals surface area contributed by atoms with Crippen molar-refractivity contribution in [3.63, 3.8) is 0 Å². The van der Waals surface area contributed by atoms with Crippen LogP contribution in [0.25, 0.3) is 0 Å². The third-order valence-electron chi connectivity index (χ3n) is 4.72. The van der Waals surface area contributed by atoms with Gasteiger partial charge in [-0.25, -0.2) is 9.18 Å². The van der Waals surface area contributed by atoms with Crippen molar-refractivity contribution in [3.8, 4) is 5.75 Å². The summed E-state index contributed by atoms with van der Waals surface area (Å²) in [7, 11) is 2.96. The number of ether oxygens (including phenoxy) is 2. The van der Waals surface area contributed by atoms with Crippen molar-refractivity contribution in [3.05, 3.63) is 64.5 Å². The van der Waals surface area contributed by atoms with Crippen molar-refractivity contribution >= 4 is 11.9 Å². The Kier molecular flexibility index (Phi) is 5.41. The normalized spacial score (nSPS) is 14.4. The molecule has 1 unspecified atom stereocenters. The van der Waals surface area contributed by atoms with Crippen LogP contribution in [0.5, 0.6) is 5.75 Å². The molecule has 0 aromatic heterocycles. The minimum Gasteiger partial charge on any atom is -0.496 e. The molecule has 6 nitrogen and oxygen atoms in total. The van der Waals surface area contributed by atoms with Crippen LogP contribution in [0, 0.1) is 5.82 Å². The van der Waals surface area contributed by atoms with Crippen LogP contribution >= 0.6 is 0 Å². The zero-order valence-corrected chi connectivity index (χ0v) is 15.1. The number of amides is 1. The van der Waals surface area contributed by atoms with Crippen LogP contribution in [0.1, 0.15) is 33.2 Å². The number of carboxylic acid groups (broad SMARTS) is 1. The van der Waals surface area contributed by atoms with Crippen LogP contribution < -0.4 is 4.74 Å². The lowest BCUT2D eigenvalue weighted by Crippen LogP contribution is -2.40. The Hall–Kier alpha value is -2.93. The average Bonchev–Trinajstić information content (AvgIpc) is 2.67. The van der Waals surface area contributed by atoms with Crippen molar-refractivity contribution in [1.29, 1.82) is 0 Å². The fraction of sp³-hybridized carbons (Fsp3) is 0.300. The number of hydrogen-bond donors (Lipinski definition) is 1. The van der Waals surface area contributed by atoms with Crippen molar-refractivity contribution in [2.24, 2.45) is 0 Å². The lowest BCUT2D eigenvalue weighted by Gasteiger charge is -2.32. The molecular formula is C20H20FNO5. The second-order valence-electron chi connectivity index (χ2n) is 6.26. The molecule has 0 bridgehead atoms. The maximum absolute atomic E-state index is 13.8. The number of fused-ring (bicyclic) bond motifs is 1. The average molecular weight is 373 g/mol. The molecule has 2 aromatic carbocycles. The van der Waals surface area contributed by atoms with E-state index in [1.165, 1.54) is 20.3 Å². The highest BCUT2D eigenvalue weighted by molar-refractivity contribution is 5.90. The number of halogens is 1. The number of rotatable bonds is 5. The van der Waals surface area contributed by atoms with Gasteiger partial charge in [-0.05, 0) is 35.7 Å². The standard InChI is InChI=1S/C20H20FNO5/c1-26-17-6-4-3-5-15(17)18(27-2)19(23)22-8-7-14-12(11-22)9-13(21)10-16(14)20(24)25/h3-6,9-10,18H,7-8,11H2,1-2H3,(H,24,25). The molecule has 0 spiro atoms. The van der Waals surface area contributed by atoms with Gasteiger partial charge in [0.1, 0.15) is 11.6 Å². The van der Waals surface area contributed by atoms with Gasteiger partial charge in [0.25, 0.3) is 5.91 Å². The second-order valence-corrected chi connectivity index (χ2v) is 6.26. The Morgan fingerprint density at radius 2 is 1.96 bits per heavy atom. The van der Waals surface area contributed by atoms with E-state index in [9.17, 15) is 19.1 Å². The molecule has 1 amide bonds. The first kappa shape index (κ1) is 18.8. The van der Waals surface area contributed by atoms with Crippen LogP contribution in [0.3, 0.4) is 0 Å². The fourth-order valence-electron chi connectivity index (χ4n) is 3.45. The molecular weight excluding hydrogens is 353 g/mol. The van der Waals surface area contributed by atoms with E-state index in [4.69, 9.17) is 9.47 Å². The molecule has 0 aliphatic carbocycles. The lowest BCUT2D eigenvalue weighted by molar-refractivity contribution is -0.143. The van der Waals surface area contributed by atoms with Crippen LogP contribution in [0.4, 0.5) is 4.39 Å². The SMILES string of the molecule is COc1ccccc1C(OC)C(=O)N1CCc2c(cc(F)cc2C(=O)O)C1. The van der Waals surface area contributed by atoms with E-state index in [2.05, 4.69) is 0 Å². The maximum Gasteiger partial charge on any atom is 0.336 e. The van der Waals surface area contributed by atoms with E-state index in [-0.39, 0.29) is 18.0 Å². The first-order valence-corrected chi connectivity index (χ1v) is 8.45. The molecule has 1 aliphatic rings. The first-order valence-electron chi connectivity index (χ1n) is 8.45. The summed E-state index contributed by atoms with van der Waals surface area (Å²) in [6.07, 6.45) is -0.527. The van der Waals surface area contributed by atoms with E-state index in [1.807, 2.05) is 0 Å². The van der Waals surface area contributed by atoms with Crippen molar-refractivity contribution in [1.82, 2.24) is 4.90 Å². The number of para-hydroxylation sites is 1. The van der Waals surface area contributed by atoms with Gasteiger partial charge in [0, 0.05) is 25.8 Å². The van der Waals surface area contributed by atoms with Gasteiger partial charge >= 0.3 is 5.97 Å². The van der Waals surface area contributed by atoms with Gasteiger partial charge in [-0.2, -0.15) is 0 Å². The number of benzene rings is 2. The fourth-order valence-corrected chi connectivity index (χ4v) is 3.45. The van der Waals surface area contributed by atoms with E-state index in [0.29, 0.717) is 35.4 Å². The smallest absolute Gasteiger partial charge is 0.336 e. The van der Waals surface area contributed by atoms with Gasteiger partial charge < -0.3 is 19.5 Å². The van der Waals surface area contributed by atoms with Gasteiger partial charge in [-0.15, -0.1) is 0 Å². The van der Waals surface area contributed by atoms with Gasteiger partial charge in [0.15, 0.2) is 6.10 Å². The monoisotopic (exact) mass is 373 g/mol. The molecule has 3 rings (SSSR count). The third-order valence-corrected chi connectivity index (χ3v) is 4.72. The predicted octanol–water partition coefficient (Wildman–Crippen LogP) is 2.80. The van der Waals surface area contributed by atoms with Gasteiger partial charge in [0.05, 0.1) is 12.7 Å².